The van der Waals surface area contributed by atoms with Crippen LogP contribution in [0.4, 0.5) is 0 Å². The van der Waals surface area contributed by atoms with E-state index in [0.717, 1.165) is 0 Å². The molecule has 0 fully saturated rings. The molecule has 0 aliphatic carbocycles. The van der Waals surface area contributed by atoms with E-state index in [1.54, 1.807) is 0 Å². The predicted octanol–water partition coefficient (Wildman–Crippen LogP) is 2.32. The van der Waals surface area contributed by atoms with Crippen molar-refractivity contribution in [1.29, 1.82) is 0 Å². The Kier molecular flexibility index (Phi) is 4.51. The summed E-state index contributed by atoms with van der Waals surface area (Å²) in [4.78, 5) is 0. The molecule has 0 bridgehead atoms. The second-order valence-corrected chi connectivity index (χ2v) is 5.13. The van der Waals surface area contributed by atoms with Gasteiger partial charge in [-0.15, -0.1) is 0 Å². The van der Waals surface area contributed by atoms with Crippen molar-refractivity contribution in [2.24, 2.45) is 0 Å². The number of hydrogen-bond donors (Lipinski definition) is 0. The van der Waals surface area contributed by atoms with E-state index in [1.165, 1.54) is 29.9 Å². The number of hydrogen-bond acceptors (Lipinski definition) is 0. The third kappa shape index (κ3) is 2.79. The Morgan fingerprint density at radius 1 is 0.500 bits per heavy atom. The molecule has 1 aromatic heterocycles. The quantitative estimate of drug-likeness (QED) is 0.605. The fourth-order valence-corrected chi connectivity index (χ4v) is 3.02. The van der Waals surface area contributed by atoms with Crippen LogP contribution in [0.1, 0.15) is 0 Å². The van der Waals surface area contributed by atoms with Crippen molar-refractivity contribution >= 4 is 8.19 Å². The molecule has 0 spiro atoms. The van der Waals surface area contributed by atoms with Crippen molar-refractivity contribution < 1.29 is 18.9 Å². The minimum atomic E-state index is 0. The standard InChI is InChI=1S/C16H12P.Li/c1-3-7-13(8-4-1)15-11-12-16(17-15)14-9-5-2-6-10-14;/h1-12H;/q-1;+1. The molecule has 0 N–H and O–H groups in total. The summed E-state index contributed by atoms with van der Waals surface area (Å²) in [5.41, 5.74) is 2.63. The Labute approximate surface area is 121 Å². The van der Waals surface area contributed by atoms with Crippen molar-refractivity contribution in [3.63, 3.8) is 0 Å². The molecule has 0 aliphatic heterocycles. The molecule has 1 heterocycles. The van der Waals surface area contributed by atoms with Gasteiger partial charge in [0.15, 0.2) is 0 Å². The summed E-state index contributed by atoms with van der Waals surface area (Å²) in [7, 11) is 1.30. The van der Waals surface area contributed by atoms with Gasteiger partial charge in [-0.2, -0.15) is 10.6 Å². The minimum Gasteiger partial charge on any atom is -0.514 e. The summed E-state index contributed by atoms with van der Waals surface area (Å²) in [5.74, 6) is 0. The van der Waals surface area contributed by atoms with Crippen LogP contribution in [0.5, 0.6) is 0 Å². The van der Waals surface area contributed by atoms with Gasteiger partial charge in [0.1, 0.15) is 0 Å². The van der Waals surface area contributed by atoms with E-state index in [1.807, 2.05) is 0 Å². The monoisotopic (exact) mass is 242 g/mol. The fraction of sp³-hybridized carbons (Fsp3) is 0. The first-order valence-electron chi connectivity index (χ1n) is 5.68. The second-order valence-electron chi connectivity index (χ2n) is 3.95. The zero-order valence-electron chi connectivity index (χ0n) is 10.4. The average Bonchev–Trinajstić information content (AvgIpc) is 2.90. The largest absolute Gasteiger partial charge is 1.00 e. The van der Waals surface area contributed by atoms with Crippen molar-refractivity contribution in [2.75, 3.05) is 0 Å². The van der Waals surface area contributed by atoms with E-state index >= 15 is 0 Å². The molecule has 0 amide bonds. The molecule has 3 rings (SSSR count). The van der Waals surface area contributed by atoms with Gasteiger partial charge in [-0.25, -0.2) is 0 Å². The molecular weight excluding hydrogens is 230 g/mol. The Balaban J connectivity index is 0.00000120. The van der Waals surface area contributed by atoms with Gasteiger partial charge in [-0.1, -0.05) is 83.9 Å². The van der Waals surface area contributed by atoms with Crippen LogP contribution in [0.25, 0.3) is 21.7 Å². The van der Waals surface area contributed by atoms with Gasteiger partial charge in [0.25, 0.3) is 0 Å². The average molecular weight is 242 g/mol. The zero-order valence-corrected chi connectivity index (χ0v) is 11.3. The summed E-state index contributed by atoms with van der Waals surface area (Å²) < 4.78 is 0. The maximum Gasteiger partial charge on any atom is 1.00 e. The Morgan fingerprint density at radius 3 is 1.28 bits per heavy atom. The van der Waals surface area contributed by atoms with E-state index in [2.05, 4.69) is 72.8 Å². The van der Waals surface area contributed by atoms with Gasteiger partial charge in [0.05, 0.1) is 0 Å². The van der Waals surface area contributed by atoms with Crippen LogP contribution in [0.15, 0.2) is 72.8 Å². The Hall–Kier alpha value is -1.18. The first-order valence-corrected chi connectivity index (χ1v) is 6.57. The number of benzene rings is 2. The van der Waals surface area contributed by atoms with Crippen molar-refractivity contribution in [3.05, 3.63) is 72.8 Å². The maximum atomic E-state index is 2.22. The van der Waals surface area contributed by atoms with E-state index in [4.69, 9.17) is 0 Å². The molecule has 2 heteroatoms. The minimum absolute atomic E-state index is 0. The zero-order chi connectivity index (χ0) is 11.5. The second kappa shape index (κ2) is 6.12. The van der Waals surface area contributed by atoms with Crippen LogP contribution in [0.2, 0.25) is 0 Å². The summed E-state index contributed by atoms with van der Waals surface area (Å²) in [6, 6.07) is 25.6. The molecule has 0 aliphatic rings. The van der Waals surface area contributed by atoms with Crippen molar-refractivity contribution in [1.82, 2.24) is 0 Å². The first kappa shape index (κ1) is 13.3. The smallest absolute Gasteiger partial charge is 0.514 e. The molecule has 18 heavy (non-hydrogen) atoms. The van der Waals surface area contributed by atoms with Crippen molar-refractivity contribution in [3.8, 4) is 21.7 Å². The molecular formula is C16H12LiP. The molecule has 82 valence electrons. The summed E-state index contributed by atoms with van der Waals surface area (Å²) >= 11 is 0. The molecule has 0 saturated carbocycles. The van der Waals surface area contributed by atoms with E-state index < -0.39 is 0 Å². The van der Waals surface area contributed by atoms with Crippen LogP contribution in [-0.4, -0.2) is 0 Å². The SMILES string of the molecule is [Li+].c1ccc(-c2ccc(-c3ccccc3)[p-]2)cc1. The molecule has 0 nitrogen and oxygen atoms in total. The number of rotatable bonds is 2. The van der Waals surface area contributed by atoms with Crippen molar-refractivity contribution in [2.45, 2.75) is 0 Å². The normalized spacial score (nSPS) is 9.78. The molecule has 3 aromatic rings. The first-order chi connectivity index (χ1) is 8.43. The van der Waals surface area contributed by atoms with Crippen LogP contribution < -0.4 is 18.9 Å². The fourth-order valence-electron chi connectivity index (χ4n) is 1.90. The Morgan fingerprint density at radius 2 is 0.889 bits per heavy atom. The van der Waals surface area contributed by atoms with Gasteiger partial charge in [-0.3, -0.25) is 0 Å². The van der Waals surface area contributed by atoms with Gasteiger partial charge in [-0.05, 0) is 0 Å². The molecule has 0 radical (unpaired) electrons. The Bertz CT molecular complexity index is 545. The van der Waals surface area contributed by atoms with Crippen LogP contribution in [-0.2, 0) is 0 Å². The van der Waals surface area contributed by atoms with Gasteiger partial charge < -0.3 is 8.19 Å². The summed E-state index contributed by atoms with van der Waals surface area (Å²) in [6.07, 6.45) is 0. The summed E-state index contributed by atoms with van der Waals surface area (Å²) in [5, 5.41) is 2.76. The maximum absolute atomic E-state index is 2.22. The third-order valence-electron chi connectivity index (χ3n) is 2.78. The van der Waals surface area contributed by atoms with Gasteiger partial charge in [0.2, 0.25) is 0 Å². The third-order valence-corrected chi connectivity index (χ3v) is 4.08. The van der Waals surface area contributed by atoms with Gasteiger partial charge in [0, 0.05) is 0 Å². The van der Waals surface area contributed by atoms with E-state index in [0.29, 0.717) is 0 Å². The topological polar surface area (TPSA) is 0 Å². The van der Waals surface area contributed by atoms with Crippen LogP contribution >= 0.6 is 8.19 Å². The van der Waals surface area contributed by atoms with E-state index in [-0.39, 0.29) is 18.9 Å². The molecule has 0 atom stereocenters. The van der Waals surface area contributed by atoms with Crippen LogP contribution in [0.3, 0.4) is 0 Å². The van der Waals surface area contributed by atoms with Crippen LogP contribution in [0, 0.1) is 0 Å². The molecule has 0 saturated heterocycles. The predicted molar refractivity (Wildman–Crippen MR) is 75.4 cm³/mol. The summed E-state index contributed by atoms with van der Waals surface area (Å²) in [6.45, 7) is 0. The molecule has 0 unspecified atom stereocenters. The van der Waals surface area contributed by atoms with E-state index in [9.17, 15) is 0 Å². The molecule has 2 aromatic carbocycles. The van der Waals surface area contributed by atoms with Gasteiger partial charge >= 0.3 is 18.9 Å².